The predicted octanol–water partition coefficient (Wildman–Crippen LogP) is 3.30. The van der Waals surface area contributed by atoms with Crippen molar-refractivity contribution in [3.8, 4) is 11.4 Å². The summed E-state index contributed by atoms with van der Waals surface area (Å²) in [6.07, 6.45) is 2.02. The second kappa shape index (κ2) is 6.29. The number of aliphatic hydroxyl groups is 1. The minimum absolute atomic E-state index is 0.308. The maximum absolute atomic E-state index is 9.95. The SMILES string of the molecule is C=C(c1nc(-c2ccccc2)no1)C(O)CCCC. The van der Waals surface area contributed by atoms with Crippen LogP contribution in [-0.2, 0) is 0 Å². The standard InChI is InChI=1S/C15H18N2O2/c1-3-4-10-13(18)11(2)15-16-14(17-19-15)12-8-6-5-7-9-12/h5-9,13,18H,2-4,10H2,1H3. The fraction of sp³-hybridized carbons (Fsp3) is 0.333. The van der Waals surface area contributed by atoms with Gasteiger partial charge in [-0.05, 0) is 6.42 Å². The molecule has 1 unspecified atom stereocenters. The van der Waals surface area contributed by atoms with Crippen LogP contribution in [0.2, 0.25) is 0 Å². The van der Waals surface area contributed by atoms with Gasteiger partial charge in [-0.2, -0.15) is 4.98 Å². The number of unbranched alkanes of at least 4 members (excludes halogenated alkanes) is 1. The van der Waals surface area contributed by atoms with Crippen molar-refractivity contribution < 1.29 is 9.63 Å². The minimum Gasteiger partial charge on any atom is -0.388 e. The molecule has 19 heavy (non-hydrogen) atoms. The summed E-state index contributed by atoms with van der Waals surface area (Å²) >= 11 is 0. The van der Waals surface area contributed by atoms with E-state index in [-0.39, 0.29) is 0 Å². The predicted molar refractivity (Wildman–Crippen MR) is 74.3 cm³/mol. The Morgan fingerprint density at radius 3 is 2.79 bits per heavy atom. The zero-order chi connectivity index (χ0) is 13.7. The molecule has 0 aliphatic carbocycles. The number of aliphatic hydroxyl groups excluding tert-OH is 1. The average molecular weight is 258 g/mol. The first-order chi connectivity index (χ1) is 9.22. The van der Waals surface area contributed by atoms with Gasteiger partial charge in [0, 0.05) is 11.1 Å². The van der Waals surface area contributed by atoms with Gasteiger partial charge in [0.05, 0.1) is 6.10 Å². The van der Waals surface area contributed by atoms with Gasteiger partial charge < -0.3 is 9.63 Å². The highest BCUT2D eigenvalue weighted by atomic mass is 16.5. The summed E-state index contributed by atoms with van der Waals surface area (Å²) in [5.41, 5.74) is 1.37. The van der Waals surface area contributed by atoms with Crippen LogP contribution >= 0.6 is 0 Å². The number of benzene rings is 1. The molecule has 0 aliphatic heterocycles. The van der Waals surface area contributed by atoms with Crippen molar-refractivity contribution >= 4 is 5.57 Å². The van der Waals surface area contributed by atoms with Crippen LogP contribution in [0, 0.1) is 0 Å². The van der Waals surface area contributed by atoms with Crippen molar-refractivity contribution in [2.45, 2.75) is 32.3 Å². The summed E-state index contributed by atoms with van der Waals surface area (Å²) in [7, 11) is 0. The Morgan fingerprint density at radius 1 is 1.37 bits per heavy atom. The molecule has 100 valence electrons. The molecule has 0 aliphatic rings. The molecule has 4 nitrogen and oxygen atoms in total. The van der Waals surface area contributed by atoms with E-state index in [1.165, 1.54) is 0 Å². The van der Waals surface area contributed by atoms with Crippen molar-refractivity contribution in [3.05, 3.63) is 42.8 Å². The van der Waals surface area contributed by atoms with Gasteiger partial charge in [-0.1, -0.05) is 61.8 Å². The maximum Gasteiger partial charge on any atom is 0.256 e. The second-order valence-electron chi connectivity index (χ2n) is 4.47. The third kappa shape index (κ3) is 3.29. The van der Waals surface area contributed by atoms with Crippen LogP contribution in [0.3, 0.4) is 0 Å². The van der Waals surface area contributed by atoms with E-state index in [0.717, 1.165) is 18.4 Å². The fourth-order valence-corrected chi connectivity index (χ4v) is 1.77. The zero-order valence-corrected chi connectivity index (χ0v) is 11.0. The van der Waals surface area contributed by atoms with Crippen LogP contribution < -0.4 is 0 Å². The molecule has 1 heterocycles. The highest BCUT2D eigenvalue weighted by molar-refractivity contribution is 5.62. The lowest BCUT2D eigenvalue weighted by molar-refractivity contribution is 0.214. The molecule has 0 fully saturated rings. The first kappa shape index (κ1) is 13.5. The molecule has 1 N–H and O–H groups in total. The van der Waals surface area contributed by atoms with Crippen molar-refractivity contribution in [3.63, 3.8) is 0 Å². The monoisotopic (exact) mass is 258 g/mol. The van der Waals surface area contributed by atoms with E-state index in [9.17, 15) is 5.11 Å². The lowest BCUT2D eigenvalue weighted by Gasteiger charge is -2.08. The highest BCUT2D eigenvalue weighted by Gasteiger charge is 2.17. The van der Waals surface area contributed by atoms with Crippen molar-refractivity contribution in [2.75, 3.05) is 0 Å². The van der Waals surface area contributed by atoms with Crippen molar-refractivity contribution in [1.29, 1.82) is 0 Å². The maximum atomic E-state index is 9.95. The van der Waals surface area contributed by atoms with Gasteiger partial charge in [0.15, 0.2) is 0 Å². The lowest BCUT2D eigenvalue weighted by atomic mass is 10.1. The lowest BCUT2D eigenvalue weighted by Crippen LogP contribution is -2.08. The average Bonchev–Trinajstić information content (AvgIpc) is 2.94. The number of rotatable bonds is 6. The fourth-order valence-electron chi connectivity index (χ4n) is 1.77. The topological polar surface area (TPSA) is 59.2 Å². The second-order valence-corrected chi connectivity index (χ2v) is 4.47. The zero-order valence-electron chi connectivity index (χ0n) is 11.0. The molecule has 4 heteroatoms. The van der Waals surface area contributed by atoms with E-state index in [2.05, 4.69) is 23.6 Å². The summed E-state index contributed by atoms with van der Waals surface area (Å²) in [4.78, 5) is 4.27. The Labute approximate surface area is 112 Å². The largest absolute Gasteiger partial charge is 0.388 e. The van der Waals surface area contributed by atoms with Gasteiger partial charge in [0.2, 0.25) is 5.82 Å². The van der Waals surface area contributed by atoms with Crippen LogP contribution in [0.1, 0.15) is 32.1 Å². The van der Waals surface area contributed by atoms with Gasteiger partial charge >= 0.3 is 0 Å². The van der Waals surface area contributed by atoms with E-state index >= 15 is 0 Å². The van der Waals surface area contributed by atoms with Crippen LogP contribution in [0.4, 0.5) is 0 Å². The summed E-state index contributed by atoms with van der Waals surface area (Å²) in [5.74, 6) is 0.821. The molecule has 1 aromatic heterocycles. The molecular formula is C15H18N2O2. The molecule has 0 radical (unpaired) electrons. The number of hydrogen-bond acceptors (Lipinski definition) is 4. The summed E-state index contributed by atoms with van der Waals surface area (Å²) in [6.45, 7) is 5.92. The first-order valence-electron chi connectivity index (χ1n) is 6.48. The smallest absolute Gasteiger partial charge is 0.256 e. The molecule has 0 bridgehead atoms. The van der Waals surface area contributed by atoms with E-state index in [1.807, 2.05) is 30.3 Å². The van der Waals surface area contributed by atoms with Crippen LogP contribution in [0.5, 0.6) is 0 Å². The Morgan fingerprint density at radius 2 is 2.11 bits per heavy atom. The third-order valence-corrected chi connectivity index (χ3v) is 2.97. The van der Waals surface area contributed by atoms with E-state index in [0.29, 0.717) is 23.7 Å². The van der Waals surface area contributed by atoms with Crippen molar-refractivity contribution in [2.24, 2.45) is 0 Å². The first-order valence-corrected chi connectivity index (χ1v) is 6.48. The molecule has 2 aromatic rings. The summed E-state index contributed by atoms with van der Waals surface area (Å²) in [6, 6.07) is 9.57. The Kier molecular flexibility index (Phi) is 4.47. The van der Waals surface area contributed by atoms with Crippen LogP contribution in [-0.4, -0.2) is 21.4 Å². The van der Waals surface area contributed by atoms with Gasteiger partial charge in [-0.15, -0.1) is 0 Å². The minimum atomic E-state index is -0.621. The molecule has 0 spiro atoms. The van der Waals surface area contributed by atoms with E-state index < -0.39 is 6.10 Å². The Balaban J connectivity index is 2.11. The number of aromatic nitrogens is 2. The van der Waals surface area contributed by atoms with Crippen LogP contribution in [0.25, 0.3) is 17.0 Å². The quantitative estimate of drug-likeness (QED) is 0.863. The highest BCUT2D eigenvalue weighted by Crippen LogP contribution is 2.22. The molecule has 1 atom stereocenters. The van der Waals surface area contributed by atoms with Gasteiger partial charge in [0.25, 0.3) is 5.89 Å². The van der Waals surface area contributed by atoms with Gasteiger partial charge in [-0.3, -0.25) is 0 Å². The number of nitrogens with zero attached hydrogens (tertiary/aromatic N) is 2. The molecular weight excluding hydrogens is 240 g/mol. The van der Waals surface area contributed by atoms with Gasteiger partial charge in [0.1, 0.15) is 0 Å². The van der Waals surface area contributed by atoms with Crippen molar-refractivity contribution in [1.82, 2.24) is 10.1 Å². The summed E-state index contributed by atoms with van der Waals surface area (Å²) in [5, 5.41) is 13.9. The molecule has 0 saturated carbocycles. The van der Waals surface area contributed by atoms with E-state index in [4.69, 9.17) is 4.52 Å². The Bertz CT molecular complexity index is 534. The normalized spacial score (nSPS) is 12.3. The van der Waals surface area contributed by atoms with E-state index in [1.54, 1.807) is 0 Å². The molecule has 0 amide bonds. The van der Waals surface area contributed by atoms with Crippen LogP contribution in [0.15, 0.2) is 41.4 Å². The molecule has 1 aromatic carbocycles. The molecule has 0 saturated heterocycles. The number of hydrogen-bond donors (Lipinski definition) is 1. The summed E-state index contributed by atoms with van der Waals surface area (Å²) < 4.78 is 5.16. The van der Waals surface area contributed by atoms with Gasteiger partial charge in [-0.25, -0.2) is 0 Å². The molecule has 2 rings (SSSR count). The third-order valence-electron chi connectivity index (χ3n) is 2.97. The Hall–Kier alpha value is -1.94.